The summed E-state index contributed by atoms with van der Waals surface area (Å²) in [6, 6.07) is 8.07. The number of halogens is 2. The van der Waals surface area contributed by atoms with Crippen LogP contribution in [0, 0.1) is 11.6 Å². The number of carbonyl (C=O) groups is 2. The molecule has 2 amide bonds. The van der Waals surface area contributed by atoms with E-state index < -0.39 is 29.0 Å². The molecule has 0 unspecified atom stereocenters. The lowest BCUT2D eigenvalue weighted by molar-refractivity contribution is 0.0896. The van der Waals surface area contributed by atoms with Gasteiger partial charge in [0.15, 0.2) is 11.5 Å². The number of aromatic nitrogens is 2. The average Bonchev–Trinajstić information content (AvgIpc) is 3.26. The third-order valence-corrected chi connectivity index (χ3v) is 4.15. The van der Waals surface area contributed by atoms with Gasteiger partial charge in [-0.05, 0) is 30.3 Å². The zero-order valence-corrected chi connectivity index (χ0v) is 16.6. The second-order valence-electron chi connectivity index (χ2n) is 6.10. The molecule has 2 aromatic carbocycles. The first kappa shape index (κ1) is 21.7. The van der Waals surface area contributed by atoms with Crippen LogP contribution < -0.4 is 20.1 Å². The number of benzene rings is 2. The highest BCUT2D eigenvalue weighted by atomic mass is 19.1. The predicted octanol–water partition coefficient (Wildman–Crippen LogP) is 2.19. The summed E-state index contributed by atoms with van der Waals surface area (Å²) in [6.07, 6.45) is 0. The highest BCUT2D eigenvalue weighted by molar-refractivity contribution is 5.94. The summed E-state index contributed by atoms with van der Waals surface area (Å²) < 4.78 is 42.5. The van der Waals surface area contributed by atoms with E-state index in [2.05, 4.69) is 20.8 Å². The van der Waals surface area contributed by atoms with Crippen LogP contribution in [0.1, 0.15) is 21.0 Å². The van der Waals surface area contributed by atoms with Gasteiger partial charge < -0.3 is 24.6 Å². The number of nitrogens with zero attached hydrogens (tertiary/aromatic N) is 2. The molecule has 1 aromatic heterocycles. The summed E-state index contributed by atoms with van der Waals surface area (Å²) in [4.78, 5) is 28.1. The predicted molar refractivity (Wildman–Crippen MR) is 104 cm³/mol. The number of amides is 2. The van der Waals surface area contributed by atoms with Crippen molar-refractivity contribution in [3.63, 3.8) is 0 Å². The summed E-state index contributed by atoms with van der Waals surface area (Å²) in [5.41, 5.74) is -0.148. The molecule has 3 rings (SSSR count). The molecule has 0 aliphatic rings. The summed E-state index contributed by atoms with van der Waals surface area (Å²) in [6.45, 7) is -0.107. The zero-order chi connectivity index (χ0) is 22.4. The Balaban J connectivity index is 1.55. The Bertz CT molecular complexity index is 1080. The van der Waals surface area contributed by atoms with Crippen molar-refractivity contribution in [1.82, 2.24) is 20.8 Å². The molecule has 0 atom stereocenters. The highest BCUT2D eigenvalue weighted by Crippen LogP contribution is 2.31. The van der Waals surface area contributed by atoms with E-state index in [9.17, 15) is 18.4 Å². The molecule has 11 heteroatoms. The van der Waals surface area contributed by atoms with Crippen LogP contribution >= 0.6 is 0 Å². The van der Waals surface area contributed by atoms with Crippen LogP contribution in [-0.2, 0) is 0 Å². The monoisotopic (exact) mass is 432 g/mol. The molecule has 0 fully saturated rings. The van der Waals surface area contributed by atoms with Crippen LogP contribution in [0.15, 0.2) is 40.9 Å². The molecule has 0 saturated carbocycles. The van der Waals surface area contributed by atoms with Crippen molar-refractivity contribution in [1.29, 1.82) is 0 Å². The Labute approximate surface area is 175 Å². The van der Waals surface area contributed by atoms with Crippen molar-refractivity contribution in [3.05, 3.63) is 59.5 Å². The first-order valence-corrected chi connectivity index (χ1v) is 9.01. The minimum atomic E-state index is -0.977. The quantitative estimate of drug-likeness (QED) is 0.524. The van der Waals surface area contributed by atoms with Crippen molar-refractivity contribution in [2.45, 2.75) is 0 Å². The standard InChI is InChI=1S/C20H18F2N4O5/c1-29-14-7-6-11(10-15(14)30-2)17-25-20(31-26-17)19(28)24-9-8-23-18(27)16-12(21)4-3-5-13(16)22/h3-7,10H,8-9H2,1-2H3,(H,23,27)(H,24,28). The number of ether oxygens (including phenoxy) is 2. The Morgan fingerprint density at radius 1 is 0.968 bits per heavy atom. The number of nitrogens with one attached hydrogen (secondary N) is 2. The average molecular weight is 432 g/mol. The van der Waals surface area contributed by atoms with Gasteiger partial charge in [-0.25, -0.2) is 8.78 Å². The van der Waals surface area contributed by atoms with Gasteiger partial charge in [0.1, 0.15) is 17.2 Å². The number of carbonyl (C=O) groups excluding carboxylic acids is 2. The lowest BCUT2D eigenvalue weighted by Crippen LogP contribution is -2.35. The second kappa shape index (κ2) is 9.65. The van der Waals surface area contributed by atoms with Gasteiger partial charge in [-0.2, -0.15) is 4.98 Å². The van der Waals surface area contributed by atoms with E-state index in [4.69, 9.17) is 14.0 Å². The Hall–Kier alpha value is -4.02. The molecular weight excluding hydrogens is 414 g/mol. The number of rotatable bonds is 8. The SMILES string of the molecule is COc1ccc(-c2noc(C(=O)NCCNC(=O)c3c(F)cccc3F)n2)cc1OC. The Kier molecular flexibility index (Phi) is 6.75. The van der Waals surface area contributed by atoms with Gasteiger partial charge in [0.05, 0.1) is 14.2 Å². The van der Waals surface area contributed by atoms with Crippen molar-refractivity contribution in [2.24, 2.45) is 0 Å². The highest BCUT2D eigenvalue weighted by Gasteiger charge is 2.18. The van der Waals surface area contributed by atoms with Crippen LogP contribution in [0.3, 0.4) is 0 Å². The molecule has 3 aromatic rings. The molecule has 162 valence electrons. The minimum absolute atomic E-state index is 0.0330. The van der Waals surface area contributed by atoms with Gasteiger partial charge in [-0.15, -0.1) is 0 Å². The van der Waals surface area contributed by atoms with Crippen molar-refractivity contribution >= 4 is 11.8 Å². The zero-order valence-electron chi connectivity index (χ0n) is 16.6. The number of hydrogen-bond donors (Lipinski definition) is 2. The normalized spacial score (nSPS) is 10.5. The van der Waals surface area contributed by atoms with Gasteiger partial charge in [-0.3, -0.25) is 9.59 Å². The van der Waals surface area contributed by atoms with Gasteiger partial charge in [-0.1, -0.05) is 11.2 Å². The molecule has 2 N–H and O–H groups in total. The maximum Gasteiger partial charge on any atom is 0.316 e. The Morgan fingerprint density at radius 2 is 1.61 bits per heavy atom. The lowest BCUT2D eigenvalue weighted by Gasteiger charge is -2.07. The van der Waals surface area contributed by atoms with Crippen molar-refractivity contribution in [3.8, 4) is 22.9 Å². The topological polar surface area (TPSA) is 116 Å². The van der Waals surface area contributed by atoms with Crippen LogP contribution in [0.5, 0.6) is 11.5 Å². The van der Waals surface area contributed by atoms with Crippen LogP contribution in [0.4, 0.5) is 8.78 Å². The van der Waals surface area contributed by atoms with E-state index >= 15 is 0 Å². The van der Waals surface area contributed by atoms with Crippen molar-refractivity contribution < 1.29 is 32.4 Å². The molecule has 0 saturated heterocycles. The van der Waals surface area contributed by atoms with Crippen molar-refractivity contribution in [2.75, 3.05) is 27.3 Å². The molecule has 31 heavy (non-hydrogen) atoms. The summed E-state index contributed by atoms with van der Waals surface area (Å²) >= 11 is 0. The fourth-order valence-corrected chi connectivity index (χ4v) is 2.64. The second-order valence-corrected chi connectivity index (χ2v) is 6.10. The molecular formula is C20H18F2N4O5. The van der Waals surface area contributed by atoms with E-state index in [-0.39, 0.29) is 24.8 Å². The fraction of sp³-hybridized carbons (Fsp3) is 0.200. The van der Waals surface area contributed by atoms with Gasteiger partial charge >= 0.3 is 11.8 Å². The van der Waals surface area contributed by atoms with E-state index in [1.54, 1.807) is 18.2 Å². The van der Waals surface area contributed by atoms with E-state index in [1.807, 2.05) is 0 Å². The summed E-state index contributed by atoms with van der Waals surface area (Å²) in [7, 11) is 2.99. The fourth-order valence-electron chi connectivity index (χ4n) is 2.64. The summed E-state index contributed by atoms with van der Waals surface area (Å²) in [5.74, 6) is -2.72. The maximum absolute atomic E-state index is 13.6. The van der Waals surface area contributed by atoms with E-state index in [1.165, 1.54) is 14.2 Å². The molecule has 0 radical (unpaired) electrons. The van der Waals surface area contributed by atoms with Gasteiger partial charge in [0.2, 0.25) is 5.82 Å². The van der Waals surface area contributed by atoms with Crippen LogP contribution in [0.25, 0.3) is 11.4 Å². The van der Waals surface area contributed by atoms with Crippen LogP contribution in [0.2, 0.25) is 0 Å². The Morgan fingerprint density at radius 3 is 2.26 bits per heavy atom. The summed E-state index contributed by atoms with van der Waals surface area (Å²) in [5, 5.41) is 8.53. The number of methoxy groups -OCH3 is 2. The number of hydrogen-bond acceptors (Lipinski definition) is 7. The van der Waals surface area contributed by atoms with E-state index in [0.717, 1.165) is 18.2 Å². The maximum atomic E-state index is 13.6. The smallest absolute Gasteiger partial charge is 0.316 e. The van der Waals surface area contributed by atoms with Gasteiger partial charge in [0, 0.05) is 18.7 Å². The minimum Gasteiger partial charge on any atom is -0.493 e. The largest absolute Gasteiger partial charge is 0.493 e. The molecule has 0 aliphatic carbocycles. The molecule has 0 spiro atoms. The first-order chi connectivity index (χ1) is 14.9. The molecule has 0 aliphatic heterocycles. The molecule has 0 bridgehead atoms. The third kappa shape index (κ3) is 4.94. The lowest BCUT2D eigenvalue weighted by atomic mass is 10.2. The first-order valence-electron chi connectivity index (χ1n) is 9.01. The van der Waals surface area contributed by atoms with E-state index in [0.29, 0.717) is 17.1 Å². The van der Waals surface area contributed by atoms with Gasteiger partial charge in [0.25, 0.3) is 5.91 Å². The third-order valence-electron chi connectivity index (χ3n) is 4.15. The molecule has 1 heterocycles. The molecule has 9 nitrogen and oxygen atoms in total. The van der Waals surface area contributed by atoms with Crippen LogP contribution in [-0.4, -0.2) is 49.3 Å².